The predicted octanol–water partition coefficient (Wildman–Crippen LogP) is 9.97. The van der Waals surface area contributed by atoms with Crippen LogP contribution in [0.15, 0.2) is 72.8 Å². The van der Waals surface area contributed by atoms with E-state index in [2.05, 4.69) is 99.7 Å². The van der Waals surface area contributed by atoms with Crippen LogP contribution in [0.1, 0.15) is 50.7 Å². The monoisotopic (exact) mass is 518 g/mol. The van der Waals surface area contributed by atoms with Gasteiger partial charge in [0.25, 0.3) is 0 Å². The Morgan fingerprint density at radius 3 is 1.38 bits per heavy atom. The van der Waals surface area contributed by atoms with Gasteiger partial charge >= 0.3 is 35.6 Å². The molecule has 0 N–H and O–H groups in total. The zero-order chi connectivity index (χ0) is 23.6. The summed E-state index contributed by atoms with van der Waals surface area (Å²) in [5, 5.41) is 5.53. The van der Waals surface area contributed by atoms with Gasteiger partial charge in [0.05, 0.1) is 0 Å². The molecule has 0 nitrogen and oxygen atoms in total. The molecule has 4 heteroatoms. The van der Waals surface area contributed by atoms with Gasteiger partial charge in [-0.15, -0.1) is 81.2 Å². The second-order valence-corrected chi connectivity index (χ2v) is 11.3. The second kappa shape index (κ2) is 18.6. The molecule has 172 valence electrons. The summed E-state index contributed by atoms with van der Waals surface area (Å²) < 4.78 is 0. The average molecular weight is 519 g/mol. The van der Waals surface area contributed by atoms with Crippen LogP contribution in [-0.4, -0.2) is 9.52 Å². The molecule has 4 rings (SSSR count). The zero-order valence-corrected chi connectivity index (χ0v) is 24.0. The van der Waals surface area contributed by atoms with E-state index in [4.69, 9.17) is 18.6 Å². The molecule has 0 aliphatic heterocycles. The van der Waals surface area contributed by atoms with Gasteiger partial charge in [-0.3, -0.25) is 0 Å². The summed E-state index contributed by atoms with van der Waals surface area (Å²) in [4.78, 5) is 0. The standard InChI is InChI=1S/2C13H15.C2H6Si.2ClH.Ti/c2*1-2-3-6-11-9-12-7-4-5-8-13(12)10-11;1-3-2;;;/h2*4-5,7-10H,2-3,6H2,1H3;1-2H3;2*1H;/q2*-1;;;;+2/p-2. The predicted molar refractivity (Wildman–Crippen MR) is 145 cm³/mol. The van der Waals surface area contributed by atoms with Gasteiger partial charge in [-0.2, -0.15) is 12.1 Å². The number of fused-ring (bicyclic) bond motifs is 2. The summed E-state index contributed by atoms with van der Waals surface area (Å²) in [6.07, 6.45) is 7.62. The Hall–Kier alpha value is -0.829. The Labute approximate surface area is 214 Å². The number of hydrogen-bond donors (Lipinski definition) is 0. The first-order valence-electron chi connectivity index (χ1n) is 11.5. The van der Waals surface area contributed by atoms with Crippen molar-refractivity contribution in [3.05, 3.63) is 83.9 Å². The Kier molecular flexibility index (Phi) is 17.0. The van der Waals surface area contributed by atoms with Crippen LogP contribution in [0.5, 0.6) is 0 Å². The topological polar surface area (TPSA) is 0 Å². The van der Waals surface area contributed by atoms with E-state index >= 15 is 0 Å². The number of benzene rings is 2. The maximum atomic E-state index is 4.89. The molecule has 0 atom stereocenters. The van der Waals surface area contributed by atoms with Gasteiger partial charge in [0.2, 0.25) is 0 Å². The molecule has 0 aliphatic carbocycles. The van der Waals surface area contributed by atoms with Gasteiger partial charge < -0.3 is 0 Å². The van der Waals surface area contributed by atoms with Crippen molar-refractivity contribution in [3.8, 4) is 0 Å². The molecule has 0 bridgehead atoms. The summed E-state index contributed by atoms with van der Waals surface area (Å²) in [5.41, 5.74) is 2.98. The average Bonchev–Trinajstić information content (AvgIpc) is 3.41. The first-order chi connectivity index (χ1) is 15.6. The van der Waals surface area contributed by atoms with E-state index in [1.807, 2.05) is 0 Å². The fourth-order valence-corrected chi connectivity index (χ4v) is 3.48. The van der Waals surface area contributed by atoms with Crippen molar-refractivity contribution in [2.24, 2.45) is 0 Å². The van der Waals surface area contributed by atoms with Gasteiger partial charge in [0.1, 0.15) is 0 Å². The molecule has 0 aromatic heterocycles. The minimum absolute atomic E-state index is 0.556. The van der Waals surface area contributed by atoms with Crippen molar-refractivity contribution in [3.63, 3.8) is 0 Å². The van der Waals surface area contributed by atoms with E-state index in [-0.39, 0.29) is 0 Å². The van der Waals surface area contributed by atoms with Crippen LogP contribution in [0, 0.1) is 0 Å². The number of halogens is 2. The SMILES string of the molecule is CCCCc1cc2ccccc2[cH-]1.CCCCc1cc2ccccc2[cH-]1.C[Si]C.[Cl][Ti][Cl]. The Morgan fingerprint density at radius 2 is 1.06 bits per heavy atom. The molecule has 2 radical (unpaired) electrons. The second-order valence-electron chi connectivity index (χ2n) is 7.76. The Morgan fingerprint density at radius 1 is 0.719 bits per heavy atom. The van der Waals surface area contributed by atoms with Crippen LogP contribution >= 0.6 is 18.6 Å². The van der Waals surface area contributed by atoms with Crippen LogP contribution in [-0.2, 0) is 29.9 Å². The summed E-state index contributed by atoms with van der Waals surface area (Å²) in [5.74, 6) is 0. The maximum absolute atomic E-state index is 4.89. The van der Waals surface area contributed by atoms with E-state index in [9.17, 15) is 0 Å². The third-order valence-corrected chi connectivity index (χ3v) is 4.99. The van der Waals surface area contributed by atoms with Gasteiger partial charge in [0, 0.05) is 9.52 Å². The van der Waals surface area contributed by atoms with E-state index in [0.29, 0.717) is 0 Å². The molecule has 0 unspecified atom stereocenters. The summed E-state index contributed by atoms with van der Waals surface area (Å²) >= 11 is -0.556. The summed E-state index contributed by atoms with van der Waals surface area (Å²) in [7, 11) is 10.9. The van der Waals surface area contributed by atoms with Crippen molar-refractivity contribution >= 4 is 49.7 Å². The molecule has 32 heavy (non-hydrogen) atoms. The molecule has 0 saturated carbocycles. The first kappa shape index (κ1) is 29.2. The zero-order valence-electron chi connectivity index (χ0n) is 19.9. The van der Waals surface area contributed by atoms with Crippen molar-refractivity contribution in [1.82, 2.24) is 0 Å². The van der Waals surface area contributed by atoms with E-state index in [1.54, 1.807) is 0 Å². The minimum atomic E-state index is -0.556. The van der Waals surface area contributed by atoms with E-state index in [0.717, 1.165) is 9.52 Å². The molecule has 0 saturated heterocycles. The Balaban J connectivity index is 0.000000258. The van der Waals surface area contributed by atoms with Crippen LogP contribution in [0.3, 0.4) is 0 Å². The van der Waals surface area contributed by atoms with Crippen molar-refractivity contribution in [2.45, 2.75) is 65.5 Å². The van der Waals surface area contributed by atoms with E-state index in [1.165, 1.54) is 71.2 Å². The van der Waals surface area contributed by atoms with Crippen LogP contribution in [0.4, 0.5) is 0 Å². The van der Waals surface area contributed by atoms with Crippen LogP contribution < -0.4 is 0 Å². The number of aryl methyl sites for hydroxylation is 2. The summed E-state index contributed by atoms with van der Waals surface area (Å²) in [6, 6.07) is 26.4. The Bertz CT molecular complexity index is 828. The molecule has 4 aromatic carbocycles. The molecule has 0 heterocycles. The van der Waals surface area contributed by atoms with Gasteiger partial charge in [-0.05, 0) is 12.8 Å². The van der Waals surface area contributed by atoms with E-state index < -0.39 is 17.0 Å². The van der Waals surface area contributed by atoms with Crippen molar-refractivity contribution in [1.29, 1.82) is 0 Å². The van der Waals surface area contributed by atoms with Gasteiger partial charge in [-0.1, -0.05) is 64.8 Å². The quantitative estimate of drug-likeness (QED) is 0.176. The van der Waals surface area contributed by atoms with Gasteiger partial charge in [0.15, 0.2) is 0 Å². The molecule has 0 fully saturated rings. The molecular formula is C28H36Cl2SiTi-2. The molecular weight excluding hydrogens is 483 g/mol. The first-order valence-corrected chi connectivity index (χ1v) is 17.8. The van der Waals surface area contributed by atoms with Crippen molar-refractivity contribution in [2.75, 3.05) is 0 Å². The van der Waals surface area contributed by atoms with Crippen molar-refractivity contribution < 1.29 is 17.0 Å². The van der Waals surface area contributed by atoms with Crippen LogP contribution in [0.2, 0.25) is 13.1 Å². The van der Waals surface area contributed by atoms with Crippen LogP contribution in [0.25, 0.3) is 21.5 Å². The third-order valence-electron chi connectivity index (χ3n) is 4.99. The third kappa shape index (κ3) is 11.3. The molecule has 0 spiro atoms. The molecule has 0 aliphatic rings. The number of hydrogen-bond acceptors (Lipinski definition) is 0. The van der Waals surface area contributed by atoms with Gasteiger partial charge in [-0.25, -0.2) is 0 Å². The number of rotatable bonds is 6. The molecule has 0 amide bonds. The summed E-state index contributed by atoms with van der Waals surface area (Å²) in [6.45, 7) is 8.78. The fraction of sp³-hybridized carbons (Fsp3) is 0.357. The fourth-order valence-electron chi connectivity index (χ4n) is 3.48. The molecule has 4 aromatic rings. The number of unbranched alkanes of at least 4 members (excludes halogenated alkanes) is 2. The normalized spacial score (nSPS) is 9.81.